The highest BCUT2D eigenvalue weighted by atomic mass is 16.4. The number of nitrogens with one attached hydrogen (secondary N) is 2. The van der Waals surface area contributed by atoms with Crippen LogP contribution in [0.5, 0.6) is 0 Å². The maximum Gasteiger partial charge on any atom is 0.315 e. The Morgan fingerprint density at radius 2 is 2.00 bits per heavy atom. The maximum absolute atomic E-state index is 11.8. The fourth-order valence-corrected chi connectivity index (χ4v) is 2.42. The molecule has 0 saturated heterocycles. The van der Waals surface area contributed by atoms with Crippen molar-refractivity contribution in [1.29, 1.82) is 0 Å². The molecular formula is C15H28N2O3. The van der Waals surface area contributed by atoms with E-state index < -0.39 is 5.97 Å². The summed E-state index contributed by atoms with van der Waals surface area (Å²) in [5, 5.41) is 14.6. The summed E-state index contributed by atoms with van der Waals surface area (Å²) in [5.41, 5.74) is 0. The predicted molar refractivity (Wildman–Crippen MR) is 78.6 cm³/mol. The van der Waals surface area contributed by atoms with Gasteiger partial charge in [0.05, 0.1) is 6.42 Å². The zero-order valence-electron chi connectivity index (χ0n) is 12.7. The minimum absolute atomic E-state index is 0.0190. The average molecular weight is 284 g/mol. The molecule has 2 unspecified atom stereocenters. The van der Waals surface area contributed by atoms with E-state index >= 15 is 0 Å². The van der Waals surface area contributed by atoms with Crippen LogP contribution in [-0.2, 0) is 4.79 Å². The van der Waals surface area contributed by atoms with Gasteiger partial charge in [0, 0.05) is 12.6 Å². The Morgan fingerprint density at radius 1 is 1.30 bits per heavy atom. The lowest BCUT2D eigenvalue weighted by Crippen LogP contribution is -2.45. The molecule has 20 heavy (non-hydrogen) atoms. The molecule has 0 heterocycles. The average Bonchev–Trinajstić information content (AvgIpc) is 3.22. The molecule has 2 atom stereocenters. The van der Waals surface area contributed by atoms with Crippen molar-refractivity contribution < 1.29 is 14.7 Å². The summed E-state index contributed by atoms with van der Waals surface area (Å²) in [4.78, 5) is 22.6. The van der Waals surface area contributed by atoms with Crippen molar-refractivity contribution in [2.75, 3.05) is 6.54 Å². The van der Waals surface area contributed by atoms with Gasteiger partial charge in [-0.1, -0.05) is 33.1 Å². The van der Waals surface area contributed by atoms with Crippen LogP contribution in [-0.4, -0.2) is 29.7 Å². The van der Waals surface area contributed by atoms with E-state index in [0.717, 1.165) is 25.7 Å². The number of urea groups is 1. The molecule has 0 spiro atoms. The lowest BCUT2D eigenvalue weighted by Gasteiger charge is -2.19. The normalized spacial score (nSPS) is 17.3. The maximum atomic E-state index is 11.8. The second-order valence-corrected chi connectivity index (χ2v) is 5.81. The Bertz CT molecular complexity index is 316. The zero-order chi connectivity index (χ0) is 15.0. The van der Waals surface area contributed by atoms with E-state index in [2.05, 4.69) is 24.5 Å². The van der Waals surface area contributed by atoms with Gasteiger partial charge in [-0.25, -0.2) is 4.79 Å². The van der Waals surface area contributed by atoms with Crippen LogP contribution in [0.25, 0.3) is 0 Å². The molecule has 1 aliphatic carbocycles. The first-order valence-corrected chi connectivity index (χ1v) is 7.82. The third kappa shape index (κ3) is 6.78. The van der Waals surface area contributed by atoms with E-state index in [4.69, 9.17) is 5.11 Å². The highest BCUT2D eigenvalue weighted by Crippen LogP contribution is 2.33. The molecule has 1 aliphatic rings. The molecule has 0 bridgehead atoms. The van der Waals surface area contributed by atoms with Crippen LogP contribution in [0.4, 0.5) is 4.79 Å². The van der Waals surface area contributed by atoms with Crippen LogP contribution < -0.4 is 10.6 Å². The molecular weight excluding hydrogens is 256 g/mol. The second-order valence-electron chi connectivity index (χ2n) is 5.81. The van der Waals surface area contributed by atoms with Crippen LogP contribution >= 0.6 is 0 Å². The van der Waals surface area contributed by atoms with Crippen LogP contribution in [0, 0.1) is 11.8 Å². The molecule has 116 valence electrons. The number of carbonyl (C=O) groups excluding carboxylic acids is 1. The summed E-state index contributed by atoms with van der Waals surface area (Å²) in [6, 6.07) is -0.443. The molecule has 5 nitrogen and oxygen atoms in total. The smallest absolute Gasteiger partial charge is 0.315 e. The molecule has 1 fully saturated rings. The van der Waals surface area contributed by atoms with E-state index in [9.17, 15) is 9.59 Å². The SMILES string of the molecule is CCCCC(CC)CNC(=O)NC(CC(=O)O)C1CC1. The zero-order valence-corrected chi connectivity index (χ0v) is 12.7. The van der Waals surface area contributed by atoms with Crippen LogP contribution in [0.15, 0.2) is 0 Å². The molecule has 0 aromatic carbocycles. The molecule has 0 aromatic rings. The minimum Gasteiger partial charge on any atom is -0.481 e. The number of rotatable bonds is 10. The topological polar surface area (TPSA) is 78.4 Å². The lowest BCUT2D eigenvalue weighted by molar-refractivity contribution is -0.137. The number of unbranched alkanes of at least 4 members (excludes halogenated alkanes) is 1. The van der Waals surface area contributed by atoms with Crippen molar-refractivity contribution in [2.24, 2.45) is 11.8 Å². The first kappa shape index (κ1) is 16.8. The van der Waals surface area contributed by atoms with Crippen LogP contribution in [0.2, 0.25) is 0 Å². The summed E-state index contributed by atoms with van der Waals surface area (Å²) >= 11 is 0. The molecule has 2 amide bonds. The van der Waals surface area contributed by atoms with Gasteiger partial charge in [-0.2, -0.15) is 0 Å². The van der Waals surface area contributed by atoms with Crippen molar-refractivity contribution in [3.8, 4) is 0 Å². The van der Waals surface area contributed by atoms with Crippen molar-refractivity contribution in [3.05, 3.63) is 0 Å². The Morgan fingerprint density at radius 3 is 2.50 bits per heavy atom. The molecule has 0 aromatic heterocycles. The lowest BCUT2D eigenvalue weighted by atomic mass is 9.99. The number of aliphatic carboxylic acids is 1. The molecule has 0 radical (unpaired) electrons. The Labute approximate surface area is 121 Å². The van der Waals surface area contributed by atoms with Gasteiger partial charge in [0.15, 0.2) is 0 Å². The largest absolute Gasteiger partial charge is 0.481 e. The summed E-state index contributed by atoms with van der Waals surface area (Å²) in [7, 11) is 0. The van der Waals surface area contributed by atoms with E-state index in [1.165, 1.54) is 12.8 Å². The fourth-order valence-electron chi connectivity index (χ4n) is 2.42. The number of carboxylic acids is 1. The third-order valence-electron chi connectivity index (χ3n) is 4.00. The number of amides is 2. The first-order chi connectivity index (χ1) is 9.56. The van der Waals surface area contributed by atoms with Crippen molar-refractivity contribution in [2.45, 2.75) is 64.8 Å². The highest BCUT2D eigenvalue weighted by Gasteiger charge is 2.33. The van der Waals surface area contributed by atoms with Gasteiger partial charge < -0.3 is 15.7 Å². The number of carboxylic acid groups (broad SMARTS) is 1. The standard InChI is InChI=1S/C15H28N2O3/c1-3-5-6-11(4-2)10-16-15(20)17-13(9-14(18)19)12-7-8-12/h11-13H,3-10H2,1-2H3,(H,18,19)(H2,16,17,20). The van der Waals surface area contributed by atoms with E-state index in [0.29, 0.717) is 18.4 Å². The monoisotopic (exact) mass is 284 g/mol. The first-order valence-electron chi connectivity index (χ1n) is 7.82. The van der Waals surface area contributed by atoms with Crippen LogP contribution in [0.3, 0.4) is 0 Å². The summed E-state index contributed by atoms with van der Waals surface area (Å²) in [6.07, 6.45) is 6.61. The van der Waals surface area contributed by atoms with Gasteiger partial charge in [0.25, 0.3) is 0 Å². The van der Waals surface area contributed by atoms with E-state index in [1.807, 2.05) is 0 Å². The van der Waals surface area contributed by atoms with Gasteiger partial charge in [-0.05, 0) is 31.1 Å². The quantitative estimate of drug-likeness (QED) is 0.577. The van der Waals surface area contributed by atoms with Crippen molar-refractivity contribution in [3.63, 3.8) is 0 Å². The fraction of sp³-hybridized carbons (Fsp3) is 0.867. The van der Waals surface area contributed by atoms with Gasteiger partial charge in [0.1, 0.15) is 0 Å². The Hall–Kier alpha value is -1.26. The van der Waals surface area contributed by atoms with E-state index in [1.54, 1.807) is 0 Å². The summed E-state index contributed by atoms with van der Waals surface area (Å²) in [5.74, 6) is 0.00930. The number of carbonyl (C=O) groups is 2. The Kier molecular flexibility index (Phi) is 7.41. The van der Waals surface area contributed by atoms with Crippen molar-refractivity contribution in [1.82, 2.24) is 10.6 Å². The molecule has 3 N–H and O–H groups in total. The van der Waals surface area contributed by atoms with Gasteiger partial charge in [-0.15, -0.1) is 0 Å². The summed E-state index contributed by atoms with van der Waals surface area (Å²) in [6.45, 7) is 4.98. The highest BCUT2D eigenvalue weighted by molar-refractivity contribution is 5.75. The molecule has 1 saturated carbocycles. The van der Waals surface area contributed by atoms with Crippen LogP contribution in [0.1, 0.15) is 58.8 Å². The van der Waals surface area contributed by atoms with Crippen molar-refractivity contribution >= 4 is 12.0 Å². The van der Waals surface area contributed by atoms with Gasteiger partial charge in [0.2, 0.25) is 0 Å². The number of hydrogen-bond donors (Lipinski definition) is 3. The third-order valence-corrected chi connectivity index (χ3v) is 4.00. The predicted octanol–water partition coefficient (Wildman–Crippen LogP) is 2.76. The molecule has 1 rings (SSSR count). The molecule has 0 aliphatic heterocycles. The Balaban J connectivity index is 2.28. The minimum atomic E-state index is -0.850. The summed E-state index contributed by atoms with van der Waals surface area (Å²) < 4.78 is 0. The molecule has 5 heteroatoms. The second kappa shape index (κ2) is 8.82. The number of hydrogen-bond acceptors (Lipinski definition) is 2. The van der Waals surface area contributed by atoms with E-state index in [-0.39, 0.29) is 18.5 Å². The van der Waals surface area contributed by atoms with Gasteiger partial charge in [-0.3, -0.25) is 4.79 Å². The van der Waals surface area contributed by atoms with Gasteiger partial charge >= 0.3 is 12.0 Å².